The number of nitrogens with one attached hydrogen (secondary N) is 2. The summed E-state index contributed by atoms with van der Waals surface area (Å²) in [6.07, 6.45) is 6.97. The Morgan fingerprint density at radius 3 is 2.84 bits per heavy atom. The molecule has 2 aromatic heterocycles. The highest BCUT2D eigenvalue weighted by atomic mass is 15.3. The maximum absolute atomic E-state index is 4.65. The van der Waals surface area contributed by atoms with Crippen LogP contribution in [0.3, 0.4) is 0 Å². The van der Waals surface area contributed by atoms with E-state index in [0.29, 0.717) is 12.0 Å². The lowest BCUT2D eigenvalue weighted by Crippen LogP contribution is -2.34. The molecule has 6 heteroatoms. The molecule has 2 aromatic rings. The van der Waals surface area contributed by atoms with E-state index in [1.807, 2.05) is 13.2 Å². The van der Waals surface area contributed by atoms with Crippen LogP contribution in [0.5, 0.6) is 0 Å². The number of rotatable bonds is 4. The second kappa shape index (κ2) is 5.03. The minimum absolute atomic E-state index is 0.600. The van der Waals surface area contributed by atoms with Gasteiger partial charge in [0.15, 0.2) is 5.65 Å². The fraction of sp³-hybridized carbons (Fsp3) is 0.615. The van der Waals surface area contributed by atoms with Crippen LogP contribution in [0, 0.1) is 0 Å². The third-order valence-corrected chi connectivity index (χ3v) is 3.89. The number of hydrogen-bond acceptors (Lipinski definition) is 5. The molecule has 0 aliphatic heterocycles. The van der Waals surface area contributed by atoms with Crippen molar-refractivity contribution in [3.63, 3.8) is 0 Å². The Labute approximate surface area is 112 Å². The number of H-pyrrole nitrogens is 1. The van der Waals surface area contributed by atoms with Gasteiger partial charge in [-0.1, -0.05) is 12.8 Å². The summed E-state index contributed by atoms with van der Waals surface area (Å²) in [5.41, 5.74) is 0.797. The lowest BCUT2D eigenvalue weighted by Gasteiger charge is -2.29. The van der Waals surface area contributed by atoms with Crippen LogP contribution < -0.4 is 10.2 Å². The van der Waals surface area contributed by atoms with Gasteiger partial charge in [0.1, 0.15) is 5.82 Å². The first kappa shape index (κ1) is 12.2. The van der Waals surface area contributed by atoms with Crippen LogP contribution in [0.25, 0.3) is 11.0 Å². The highest BCUT2D eigenvalue weighted by molar-refractivity contribution is 5.87. The average molecular weight is 260 g/mol. The second-order valence-corrected chi connectivity index (χ2v) is 4.98. The molecule has 2 heterocycles. The highest BCUT2D eigenvalue weighted by Crippen LogP contribution is 2.31. The number of aromatic nitrogens is 4. The van der Waals surface area contributed by atoms with Crippen molar-refractivity contribution in [2.75, 3.05) is 23.8 Å². The molecule has 102 valence electrons. The minimum Gasteiger partial charge on any atom is -0.357 e. The summed E-state index contributed by atoms with van der Waals surface area (Å²) in [5, 5.41) is 11.1. The van der Waals surface area contributed by atoms with Gasteiger partial charge in [-0.2, -0.15) is 15.1 Å². The Morgan fingerprint density at radius 1 is 1.37 bits per heavy atom. The van der Waals surface area contributed by atoms with E-state index in [1.54, 1.807) is 0 Å². The van der Waals surface area contributed by atoms with Crippen molar-refractivity contribution < 1.29 is 0 Å². The Bertz CT molecular complexity index is 557. The molecule has 1 saturated carbocycles. The molecular formula is C13H20N6. The largest absolute Gasteiger partial charge is 0.357 e. The average Bonchev–Trinajstić information content (AvgIpc) is 3.09. The topological polar surface area (TPSA) is 69.7 Å². The number of nitrogens with zero attached hydrogens (tertiary/aromatic N) is 4. The summed E-state index contributed by atoms with van der Waals surface area (Å²) in [7, 11) is 1.84. The summed E-state index contributed by atoms with van der Waals surface area (Å²) < 4.78 is 0. The van der Waals surface area contributed by atoms with E-state index in [4.69, 9.17) is 0 Å². The Hall–Kier alpha value is -1.85. The van der Waals surface area contributed by atoms with Gasteiger partial charge in [0.05, 0.1) is 11.6 Å². The molecule has 3 rings (SSSR count). The Balaban J connectivity index is 2.07. The molecule has 0 saturated heterocycles. The molecule has 0 unspecified atom stereocenters. The van der Waals surface area contributed by atoms with E-state index >= 15 is 0 Å². The molecular weight excluding hydrogens is 240 g/mol. The number of fused-ring (bicyclic) bond motifs is 1. The van der Waals surface area contributed by atoms with E-state index < -0.39 is 0 Å². The third-order valence-electron chi connectivity index (χ3n) is 3.89. The predicted molar refractivity (Wildman–Crippen MR) is 76.5 cm³/mol. The molecule has 1 aliphatic carbocycles. The summed E-state index contributed by atoms with van der Waals surface area (Å²) in [5.74, 6) is 1.64. The van der Waals surface area contributed by atoms with Crippen LogP contribution in [0.1, 0.15) is 32.6 Å². The number of hydrogen-bond donors (Lipinski definition) is 2. The van der Waals surface area contributed by atoms with Gasteiger partial charge in [-0.25, -0.2) is 0 Å². The van der Waals surface area contributed by atoms with Gasteiger partial charge >= 0.3 is 0 Å². The van der Waals surface area contributed by atoms with Crippen molar-refractivity contribution in [3.05, 3.63) is 6.20 Å². The van der Waals surface area contributed by atoms with E-state index in [1.165, 1.54) is 25.7 Å². The zero-order valence-electron chi connectivity index (χ0n) is 11.5. The zero-order valence-corrected chi connectivity index (χ0v) is 11.5. The molecule has 6 nitrogen and oxygen atoms in total. The zero-order chi connectivity index (χ0) is 13.2. The van der Waals surface area contributed by atoms with Gasteiger partial charge in [-0.3, -0.25) is 5.10 Å². The van der Waals surface area contributed by atoms with Gasteiger partial charge in [-0.05, 0) is 19.8 Å². The van der Waals surface area contributed by atoms with E-state index in [9.17, 15) is 0 Å². The van der Waals surface area contributed by atoms with Crippen molar-refractivity contribution in [1.82, 2.24) is 20.2 Å². The normalized spacial score (nSPS) is 16.1. The molecule has 1 aliphatic rings. The maximum Gasteiger partial charge on any atom is 0.226 e. The van der Waals surface area contributed by atoms with Crippen LogP contribution in [0.4, 0.5) is 11.8 Å². The summed E-state index contributed by atoms with van der Waals surface area (Å²) in [4.78, 5) is 11.4. The monoisotopic (exact) mass is 260 g/mol. The molecule has 0 atom stereocenters. The maximum atomic E-state index is 4.65. The Morgan fingerprint density at radius 2 is 2.16 bits per heavy atom. The standard InChI is InChI=1S/C13H20N6/c1-3-19(9-6-4-5-7-9)12-10-8-15-18-11(10)16-13(14-2)17-12/h8-9H,3-7H2,1-2H3,(H2,14,15,16,17,18). The van der Waals surface area contributed by atoms with Gasteiger partial charge < -0.3 is 10.2 Å². The van der Waals surface area contributed by atoms with Crippen molar-refractivity contribution >= 4 is 22.8 Å². The van der Waals surface area contributed by atoms with Crippen molar-refractivity contribution in [1.29, 1.82) is 0 Å². The van der Waals surface area contributed by atoms with E-state index in [0.717, 1.165) is 23.4 Å². The molecule has 2 N–H and O–H groups in total. The van der Waals surface area contributed by atoms with Crippen LogP contribution in [0.2, 0.25) is 0 Å². The fourth-order valence-corrected chi connectivity index (χ4v) is 2.95. The first-order chi connectivity index (χ1) is 9.33. The summed E-state index contributed by atoms with van der Waals surface area (Å²) in [6, 6.07) is 0.600. The lowest BCUT2D eigenvalue weighted by atomic mass is 10.2. The van der Waals surface area contributed by atoms with Gasteiger partial charge in [0.2, 0.25) is 5.95 Å². The number of aromatic amines is 1. The van der Waals surface area contributed by atoms with Crippen molar-refractivity contribution in [2.24, 2.45) is 0 Å². The van der Waals surface area contributed by atoms with Crippen LogP contribution in [0.15, 0.2) is 6.20 Å². The summed E-state index contributed by atoms with van der Waals surface area (Å²) in [6.45, 7) is 3.15. The van der Waals surface area contributed by atoms with Crippen LogP contribution in [-0.4, -0.2) is 39.8 Å². The quantitative estimate of drug-likeness (QED) is 0.881. The molecule has 19 heavy (non-hydrogen) atoms. The minimum atomic E-state index is 0.600. The fourth-order valence-electron chi connectivity index (χ4n) is 2.95. The Kier molecular flexibility index (Phi) is 3.23. The lowest BCUT2D eigenvalue weighted by molar-refractivity contribution is 0.615. The molecule has 0 radical (unpaired) electrons. The second-order valence-electron chi connectivity index (χ2n) is 4.98. The smallest absolute Gasteiger partial charge is 0.226 e. The van der Waals surface area contributed by atoms with Crippen molar-refractivity contribution in [2.45, 2.75) is 38.6 Å². The van der Waals surface area contributed by atoms with Crippen LogP contribution in [-0.2, 0) is 0 Å². The SMILES string of the molecule is CCN(c1nc(NC)nc2[nH]ncc12)C1CCCC1. The van der Waals surface area contributed by atoms with Gasteiger partial charge in [-0.15, -0.1) is 0 Å². The molecule has 0 amide bonds. The highest BCUT2D eigenvalue weighted by Gasteiger charge is 2.25. The molecule has 0 spiro atoms. The molecule has 1 fully saturated rings. The van der Waals surface area contributed by atoms with Gasteiger partial charge in [0.25, 0.3) is 0 Å². The first-order valence-electron chi connectivity index (χ1n) is 6.99. The molecule has 0 aromatic carbocycles. The van der Waals surface area contributed by atoms with Gasteiger partial charge in [0, 0.05) is 19.6 Å². The first-order valence-corrected chi connectivity index (χ1v) is 6.99. The summed E-state index contributed by atoms with van der Waals surface area (Å²) >= 11 is 0. The van der Waals surface area contributed by atoms with E-state index in [-0.39, 0.29) is 0 Å². The van der Waals surface area contributed by atoms with Crippen LogP contribution >= 0.6 is 0 Å². The predicted octanol–water partition coefficient (Wildman–Crippen LogP) is 2.16. The molecule has 0 bridgehead atoms. The van der Waals surface area contributed by atoms with Crippen molar-refractivity contribution in [3.8, 4) is 0 Å². The third kappa shape index (κ3) is 2.11. The van der Waals surface area contributed by atoms with E-state index in [2.05, 4.69) is 37.3 Å². The number of anilines is 2.